The van der Waals surface area contributed by atoms with Crippen LogP contribution in [-0.2, 0) is 4.79 Å². The molecule has 1 aromatic carbocycles. The fourth-order valence-electron chi connectivity index (χ4n) is 2.19. The lowest BCUT2D eigenvalue weighted by molar-refractivity contribution is -0.118. The number of hydrogen-bond acceptors (Lipinski definition) is 5. The van der Waals surface area contributed by atoms with E-state index in [1.165, 1.54) is 6.92 Å². The average molecular weight is 312 g/mol. The normalized spacial score (nSPS) is 10.0. The minimum Gasteiger partial charge on any atom is -0.483 e. The molecule has 0 bridgehead atoms. The first kappa shape index (κ1) is 16.3. The second kappa shape index (κ2) is 6.79. The summed E-state index contributed by atoms with van der Waals surface area (Å²) in [4.78, 5) is 23.5. The Kier molecular flexibility index (Phi) is 4.82. The number of anilines is 1. The van der Waals surface area contributed by atoms with Gasteiger partial charge in [-0.05, 0) is 32.4 Å². The van der Waals surface area contributed by atoms with Gasteiger partial charge in [-0.1, -0.05) is 18.2 Å². The van der Waals surface area contributed by atoms with E-state index in [9.17, 15) is 14.9 Å². The van der Waals surface area contributed by atoms with Crippen LogP contribution in [0, 0.1) is 25.2 Å². The van der Waals surface area contributed by atoms with Gasteiger partial charge in [-0.15, -0.1) is 0 Å². The van der Waals surface area contributed by atoms with Crippen LogP contribution >= 0.6 is 0 Å². The van der Waals surface area contributed by atoms with Gasteiger partial charge in [0.25, 0.3) is 5.91 Å². The van der Waals surface area contributed by atoms with Gasteiger partial charge in [-0.2, -0.15) is 5.26 Å². The number of rotatable bonds is 5. The zero-order valence-corrected chi connectivity index (χ0v) is 13.1. The molecule has 0 saturated heterocycles. The first-order chi connectivity index (χ1) is 10.9. The van der Waals surface area contributed by atoms with E-state index in [1.807, 2.05) is 31.2 Å². The van der Waals surface area contributed by atoms with Crippen LogP contribution in [0.25, 0.3) is 0 Å². The van der Waals surface area contributed by atoms with Gasteiger partial charge in [0.15, 0.2) is 12.4 Å². The smallest absolute Gasteiger partial charge is 0.264 e. The van der Waals surface area contributed by atoms with Crippen LogP contribution in [0.4, 0.5) is 5.88 Å². The number of carbonyl (C=O) groups is 2. The monoisotopic (exact) mass is 312 g/mol. The molecule has 1 heterocycles. The molecule has 6 nitrogen and oxygen atoms in total. The van der Waals surface area contributed by atoms with Gasteiger partial charge < -0.3 is 9.15 Å². The van der Waals surface area contributed by atoms with Crippen LogP contribution in [0.3, 0.4) is 0 Å². The third-order valence-electron chi connectivity index (χ3n) is 3.25. The molecule has 2 rings (SSSR count). The molecule has 0 spiro atoms. The van der Waals surface area contributed by atoms with E-state index in [1.54, 1.807) is 13.0 Å². The van der Waals surface area contributed by atoms with E-state index < -0.39 is 5.91 Å². The molecule has 1 amide bonds. The number of aryl methyl sites for hydroxylation is 2. The molecule has 0 aliphatic heterocycles. The van der Waals surface area contributed by atoms with Gasteiger partial charge in [-0.3, -0.25) is 14.9 Å². The Morgan fingerprint density at radius 2 is 2.00 bits per heavy atom. The van der Waals surface area contributed by atoms with Crippen molar-refractivity contribution < 1.29 is 18.7 Å². The van der Waals surface area contributed by atoms with Crippen molar-refractivity contribution in [2.45, 2.75) is 20.8 Å². The highest BCUT2D eigenvalue weighted by atomic mass is 16.5. The van der Waals surface area contributed by atoms with Crippen LogP contribution in [0.2, 0.25) is 0 Å². The largest absolute Gasteiger partial charge is 0.483 e. The number of furan rings is 1. The van der Waals surface area contributed by atoms with Crippen molar-refractivity contribution in [3.05, 3.63) is 46.7 Å². The number of nitrogens with one attached hydrogen (secondary N) is 1. The molecule has 23 heavy (non-hydrogen) atoms. The second-order valence-corrected chi connectivity index (χ2v) is 5.01. The van der Waals surface area contributed by atoms with E-state index in [0.717, 1.165) is 5.56 Å². The topological polar surface area (TPSA) is 92.3 Å². The highest BCUT2D eigenvalue weighted by Gasteiger charge is 2.22. The molecule has 2 aromatic rings. The van der Waals surface area contributed by atoms with Crippen molar-refractivity contribution in [3.8, 4) is 11.8 Å². The van der Waals surface area contributed by atoms with Gasteiger partial charge in [0.05, 0.1) is 5.56 Å². The fraction of sp³-hybridized carbons (Fsp3) is 0.235. The highest BCUT2D eigenvalue weighted by Crippen LogP contribution is 2.26. The van der Waals surface area contributed by atoms with Crippen molar-refractivity contribution in [2.24, 2.45) is 0 Å². The Bertz CT molecular complexity index is 799. The summed E-state index contributed by atoms with van der Waals surface area (Å²) in [6, 6.07) is 9.19. The third-order valence-corrected chi connectivity index (χ3v) is 3.25. The molecule has 1 aromatic heterocycles. The molecule has 118 valence electrons. The van der Waals surface area contributed by atoms with E-state index in [2.05, 4.69) is 5.32 Å². The molecule has 0 aliphatic carbocycles. The molecule has 0 atom stereocenters. The fourth-order valence-corrected chi connectivity index (χ4v) is 2.19. The number of nitriles is 1. The SMILES string of the molecule is CC(=O)c1c(C)oc(NC(=O)COc2ccccc2C)c1C#N. The average Bonchev–Trinajstić information content (AvgIpc) is 2.81. The first-order valence-corrected chi connectivity index (χ1v) is 6.96. The van der Waals surface area contributed by atoms with Crippen molar-refractivity contribution in [2.75, 3.05) is 11.9 Å². The van der Waals surface area contributed by atoms with Crippen molar-refractivity contribution in [1.29, 1.82) is 5.26 Å². The van der Waals surface area contributed by atoms with Crippen molar-refractivity contribution in [1.82, 2.24) is 0 Å². The highest BCUT2D eigenvalue weighted by molar-refractivity contribution is 6.01. The van der Waals surface area contributed by atoms with E-state index in [-0.39, 0.29) is 29.4 Å². The number of hydrogen-bond donors (Lipinski definition) is 1. The lowest BCUT2D eigenvalue weighted by Crippen LogP contribution is -2.20. The number of ketones is 1. The van der Waals surface area contributed by atoms with Gasteiger partial charge in [0.2, 0.25) is 5.88 Å². The number of para-hydroxylation sites is 1. The quantitative estimate of drug-likeness (QED) is 0.857. The molecule has 6 heteroatoms. The minimum absolute atomic E-state index is 0.0271. The molecule has 0 aliphatic rings. The van der Waals surface area contributed by atoms with Gasteiger partial charge in [0.1, 0.15) is 23.1 Å². The van der Waals surface area contributed by atoms with Crippen molar-refractivity contribution >= 4 is 17.6 Å². The number of nitrogens with zero attached hydrogens (tertiary/aromatic N) is 1. The summed E-state index contributed by atoms with van der Waals surface area (Å²) in [6.45, 7) is 4.55. The maximum absolute atomic E-state index is 12.0. The molecular weight excluding hydrogens is 296 g/mol. The third kappa shape index (κ3) is 3.58. The molecule has 0 unspecified atom stereocenters. The Labute approximate surface area is 133 Å². The summed E-state index contributed by atoms with van der Waals surface area (Å²) in [5.41, 5.74) is 1.12. The molecule has 0 fully saturated rings. The number of carbonyl (C=O) groups excluding carboxylic acids is 2. The molecule has 1 N–H and O–H groups in total. The lowest BCUT2D eigenvalue weighted by atomic mass is 10.1. The number of ether oxygens (including phenoxy) is 1. The van der Waals surface area contributed by atoms with Crippen LogP contribution in [-0.4, -0.2) is 18.3 Å². The predicted octanol–water partition coefficient (Wildman–Crippen LogP) is 2.99. The molecular formula is C17H16N2O4. The number of Topliss-reactive ketones (excluding diaryl/α,β-unsaturated/α-hetero) is 1. The zero-order valence-electron chi connectivity index (χ0n) is 13.1. The minimum atomic E-state index is -0.478. The van der Waals surface area contributed by atoms with Gasteiger partial charge in [0, 0.05) is 0 Å². The van der Waals surface area contributed by atoms with Crippen LogP contribution in [0.1, 0.15) is 34.2 Å². The Balaban J connectivity index is 2.10. The van der Waals surface area contributed by atoms with Gasteiger partial charge in [-0.25, -0.2) is 0 Å². The standard InChI is InChI=1S/C17H16N2O4/c1-10-6-4-5-7-14(10)22-9-15(21)19-17-13(8-18)16(11(2)20)12(3)23-17/h4-7H,9H2,1-3H3,(H,19,21). The van der Waals surface area contributed by atoms with Crippen LogP contribution < -0.4 is 10.1 Å². The summed E-state index contributed by atoms with van der Waals surface area (Å²) in [6.07, 6.45) is 0. The zero-order chi connectivity index (χ0) is 17.0. The Hall–Kier alpha value is -3.07. The maximum Gasteiger partial charge on any atom is 0.264 e. The Morgan fingerprint density at radius 1 is 1.30 bits per heavy atom. The first-order valence-electron chi connectivity index (χ1n) is 6.96. The van der Waals surface area contributed by atoms with E-state index >= 15 is 0 Å². The summed E-state index contributed by atoms with van der Waals surface area (Å²) in [7, 11) is 0. The lowest BCUT2D eigenvalue weighted by Gasteiger charge is -2.08. The number of benzene rings is 1. The molecule has 0 saturated carbocycles. The summed E-state index contributed by atoms with van der Waals surface area (Å²) in [5, 5.41) is 11.6. The van der Waals surface area contributed by atoms with Crippen LogP contribution in [0.5, 0.6) is 5.75 Å². The summed E-state index contributed by atoms with van der Waals surface area (Å²) in [5.74, 6) is 0.0917. The van der Waals surface area contributed by atoms with E-state index in [0.29, 0.717) is 11.5 Å². The summed E-state index contributed by atoms with van der Waals surface area (Å²) >= 11 is 0. The van der Waals surface area contributed by atoms with Crippen molar-refractivity contribution in [3.63, 3.8) is 0 Å². The summed E-state index contributed by atoms with van der Waals surface area (Å²) < 4.78 is 10.7. The number of amides is 1. The van der Waals surface area contributed by atoms with Crippen LogP contribution in [0.15, 0.2) is 28.7 Å². The van der Waals surface area contributed by atoms with Gasteiger partial charge >= 0.3 is 0 Å². The van der Waals surface area contributed by atoms with E-state index in [4.69, 9.17) is 9.15 Å². The second-order valence-electron chi connectivity index (χ2n) is 5.01. The maximum atomic E-state index is 12.0. The molecule has 0 radical (unpaired) electrons. The predicted molar refractivity (Wildman–Crippen MR) is 83.5 cm³/mol. The Morgan fingerprint density at radius 3 is 2.61 bits per heavy atom.